The minimum Gasteiger partial charge on any atom is -0.241 e. The van der Waals surface area contributed by atoms with Gasteiger partial charge in [0.05, 0.1) is 15.2 Å². The first-order valence-corrected chi connectivity index (χ1v) is 9.07. The topological polar surface area (TPSA) is 12.9 Å². The van der Waals surface area contributed by atoms with Crippen LogP contribution in [0.4, 0.5) is 0 Å². The van der Waals surface area contributed by atoms with E-state index >= 15 is 0 Å². The van der Waals surface area contributed by atoms with Crippen LogP contribution in [0.3, 0.4) is 0 Å². The van der Waals surface area contributed by atoms with Gasteiger partial charge < -0.3 is 0 Å². The lowest BCUT2D eigenvalue weighted by Crippen LogP contribution is -2.05. The van der Waals surface area contributed by atoms with Crippen molar-refractivity contribution in [3.63, 3.8) is 0 Å². The highest BCUT2D eigenvalue weighted by molar-refractivity contribution is 7.18. The zero-order valence-electron chi connectivity index (χ0n) is 13.6. The zero-order valence-corrected chi connectivity index (χ0v) is 14.5. The molecule has 0 saturated carbocycles. The van der Waals surface area contributed by atoms with Gasteiger partial charge in [-0.05, 0) is 30.2 Å². The summed E-state index contributed by atoms with van der Waals surface area (Å²) in [5.74, 6) is 0.340. The molecule has 1 aromatic heterocycles. The third-order valence-corrected chi connectivity index (χ3v) is 5.46. The van der Waals surface area contributed by atoms with Crippen molar-refractivity contribution in [2.24, 2.45) is 0 Å². The quantitative estimate of drug-likeness (QED) is 0.449. The molecule has 0 fully saturated rings. The van der Waals surface area contributed by atoms with E-state index in [0.29, 0.717) is 5.92 Å². The van der Waals surface area contributed by atoms with Crippen LogP contribution in [0.15, 0.2) is 78.9 Å². The maximum Gasteiger partial charge on any atom is 0.0948 e. The number of para-hydroxylation sites is 1. The molecule has 1 nitrogen and oxygen atoms in total. The molecule has 1 atom stereocenters. The van der Waals surface area contributed by atoms with Crippen molar-refractivity contribution in [2.45, 2.75) is 19.3 Å². The van der Waals surface area contributed by atoms with Crippen molar-refractivity contribution in [1.82, 2.24) is 4.98 Å². The summed E-state index contributed by atoms with van der Waals surface area (Å²) in [6.07, 6.45) is 0.937. The van der Waals surface area contributed by atoms with Crippen molar-refractivity contribution >= 4 is 21.6 Å². The van der Waals surface area contributed by atoms with Gasteiger partial charge in [-0.1, -0.05) is 72.3 Å². The van der Waals surface area contributed by atoms with Crippen LogP contribution in [0.25, 0.3) is 10.2 Å². The smallest absolute Gasteiger partial charge is 0.0948 e. The second kappa shape index (κ2) is 6.58. The lowest BCUT2D eigenvalue weighted by atomic mass is 9.88. The van der Waals surface area contributed by atoms with Gasteiger partial charge in [0.25, 0.3) is 0 Å². The number of hydrogen-bond acceptors (Lipinski definition) is 2. The zero-order chi connectivity index (χ0) is 16.4. The average molecular weight is 329 g/mol. The van der Waals surface area contributed by atoms with Crippen LogP contribution in [-0.2, 0) is 6.42 Å². The number of nitrogens with zero attached hydrogens (tertiary/aromatic N) is 1. The van der Waals surface area contributed by atoms with Crippen LogP contribution in [0, 0.1) is 6.92 Å². The first-order valence-electron chi connectivity index (χ1n) is 8.25. The molecule has 0 bridgehead atoms. The maximum atomic E-state index is 4.84. The Hall–Kier alpha value is -2.45. The van der Waals surface area contributed by atoms with Crippen LogP contribution >= 0.6 is 11.3 Å². The number of aromatic nitrogens is 1. The summed E-state index contributed by atoms with van der Waals surface area (Å²) in [6, 6.07) is 28.0. The van der Waals surface area contributed by atoms with Gasteiger partial charge in [0.2, 0.25) is 0 Å². The summed E-state index contributed by atoms with van der Waals surface area (Å²) in [4.78, 5) is 4.84. The Balaban J connectivity index is 1.73. The second-order valence-electron chi connectivity index (χ2n) is 6.15. The van der Waals surface area contributed by atoms with Crippen LogP contribution < -0.4 is 0 Å². The van der Waals surface area contributed by atoms with E-state index in [1.807, 2.05) is 0 Å². The Bertz CT molecular complexity index is 906. The first-order chi connectivity index (χ1) is 11.8. The molecular weight excluding hydrogens is 310 g/mol. The number of thiazole rings is 1. The minimum absolute atomic E-state index is 0.340. The first kappa shape index (κ1) is 15.1. The molecule has 1 unspecified atom stereocenters. The average Bonchev–Trinajstić information content (AvgIpc) is 3.04. The molecule has 24 heavy (non-hydrogen) atoms. The molecule has 1 heterocycles. The Morgan fingerprint density at radius 3 is 2.21 bits per heavy atom. The summed E-state index contributed by atoms with van der Waals surface area (Å²) in [6.45, 7) is 2.13. The van der Waals surface area contributed by atoms with Crippen LogP contribution in [0.2, 0.25) is 0 Å². The van der Waals surface area contributed by atoms with E-state index in [9.17, 15) is 0 Å². The monoisotopic (exact) mass is 329 g/mol. The number of aryl methyl sites for hydroxylation is 1. The lowest BCUT2D eigenvalue weighted by molar-refractivity contribution is 0.800. The van der Waals surface area contributed by atoms with Crippen molar-refractivity contribution in [2.75, 3.05) is 0 Å². The Labute approximate surface area is 146 Å². The molecule has 0 aliphatic heterocycles. The van der Waals surface area contributed by atoms with Gasteiger partial charge in [0.1, 0.15) is 0 Å². The highest BCUT2D eigenvalue weighted by atomic mass is 32.1. The van der Waals surface area contributed by atoms with Crippen molar-refractivity contribution in [3.05, 3.63) is 101 Å². The highest BCUT2D eigenvalue weighted by Gasteiger charge is 2.17. The van der Waals surface area contributed by atoms with Gasteiger partial charge in [-0.15, -0.1) is 11.3 Å². The molecule has 4 aromatic rings. The van der Waals surface area contributed by atoms with E-state index < -0.39 is 0 Å². The summed E-state index contributed by atoms with van der Waals surface area (Å²) in [5, 5.41) is 1.20. The molecule has 4 rings (SSSR count). The summed E-state index contributed by atoms with van der Waals surface area (Å²) < 4.78 is 1.27. The number of fused-ring (bicyclic) bond motifs is 1. The maximum absolute atomic E-state index is 4.84. The van der Waals surface area contributed by atoms with E-state index in [0.717, 1.165) is 11.9 Å². The molecule has 0 saturated heterocycles. The minimum atomic E-state index is 0.340. The number of benzene rings is 3. The molecule has 0 aliphatic rings. The van der Waals surface area contributed by atoms with Gasteiger partial charge in [-0.2, -0.15) is 0 Å². The second-order valence-corrected chi connectivity index (χ2v) is 7.27. The Kier molecular flexibility index (Phi) is 4.14. The van der Waals surface area contributed by atoms with Gasteiger partial charge >= 0.3 is 0 Å². The lowest BCUT2D eigenvalue weighted by Gasteiger charge is -2.17. The van der Waals surface area contributed by atoms with E-state index in [1.54, 1.807) is 11.3 Å². The number of rotatable bonds is 4. The van der Waals surface area contributed by atoms with Crippen molar-refractivity contribution in [3.8, 4) is 0 Å². The molecule has 3 aromatic carbocycles. The normalized spacial score (nSPS) is 12.4. The van der Waals surface area contributed by atoms with Crippen molar-refractivity contribution < 1.29 is 0 Å². The van der Waals surface area contributed by atoms with Gasteiger partial charge in [-0.3, -0.25) is 0 Å². The molecule has 118 valence electrons. The molecule has 0 aliphatic carbocycles. The largest absolute Gasteiger partial charge is 0.241 e. The summed E-state index contributed by atoms with van der Waals surface area (Å²) in [5.41, 5.74) is 5.10. The van der Waals surface area contributed by atoms with Gasteiger partial charge in [0, 0.05) is 12.3 Å². The van der Waals surface area contributed by atoms with Crippen LogP contribution in [-0.4, -0.2) is 4.98 Å². The summed E-state index contributed by atoms with van der Waals surface area (Å²) in [7, 11) is 0. The fourth-order valence-electron chi connectivity index (χ4n) is 3.09. The van der Waals surface area contributed by atoms with Crippen LogP contribution in [0.5, 0.6) is 0 Å². The fraction of sp³-hybridized carbons (Fsp3) is 0.136. The van der Waals surface area contributed by atoms with E-state index in [1.165, 1.54) is 26.4 Å². The fourth-order valence-corrected chi connectivity index (χ4v) is 4.11. The van der Waals surface area contributed by atoms with Crippen LogP contribution in [0.1, 0.15) is 27.6 Å². The van der Waals surface area contributed by atoms with Crippen molar-refractivity contribution in [1.29, 1.82) is 0 Å². The van der Waals surface area contributed by atoms with Gasteiger partial charge in [0.15, 0.2) is 0 Å². The molecule has 0 spiro atoms. The molecule has 0 amide bonds. The SMILES string of the molecule is Cc1ccc(C(Cc2nc3ccccc3s2)c2ccccc2)cc1. The Morgan fingerprint density at radius 1 is 0.792 bits per heavy atom. The van der Waals surface area contributed by atoms with E-state index in [4.69, 9.17) is 4.98 Å². The Morgan fingerprint density at radius 2 is 1.46 bits per heavy atom. The van der Waals surface area contributed by atoms with E-state index in [-0.39, 0.29) is 0 Å². The highest BCUT2D eigenvalue weighted by Crippen LogP contribution is 2.31. The molecular formula is C22H19NS. The number of hydrogen-bond donors (Lipinski definition) is 0. The molecule has 2 heteroatoms. The van der Waals surface area contributed by atoms with Gasteiger partial charge in [-0.25, -0.2) is 4.98 Å². The standard InChI is InChI=1S/C22H19NS/c1-16-11-13-18(14-12-16)19(17-7-3-2-4-8-17)15-22-23-20-9-5-6-10-21(20)24-22/h2-14,19H,15H2,1H3. The predicted molar refractivity (Wildman–Crippen MR) is 103 cm³/mol. The summed E-state index contributed by atoms with van der Waals surface area (Å²) >= 11 is 1.81. The third-order valence-electron chi connectivity index (χ3n) is 4.40. The van der Waals surface area contributed by atoms with E-state index in [2.05, 4.69) is 85.8 Å². The predicted octanol–water partition coefficient (Wildman–Crippen LogP) is 5.98. The molecule has 0 N–H and O–H groups in total. The third kappa shape index (κ3) is 3.10. The molecule has 0 radical (unpaired) electrons.